The van der Waals surface area contributed by atoms with Gasteiger partial charge in [-0.3, -0.25) is 14.0 Å². The van der Waals surface area contributed by atoms with E-state index in [0.717, 1.165) is 25.3 Å². The van der Waals surface area contributed by atoms with Crippen LogP contribution in [-0.4, -0.2) is 29.6 Å². The molecule has 2 heterocycles. The van der Waals surface area contributed by atoms with Crippen molar-refractivity contribution in [2.45, 2.75) is 24.4 Å². The van der Waals surface area contributed by atoms with Crippen LogP contribution < -0.4 is 10.0 Å². The maximum absolute atomic E-state index is 14.1. The molecule has 0 radical (unpaired) electrons. The molecular weight excluding hydrogens is 406 g/mol. The Morgan fingerprint density at radius 3 is 2.66 bits per heavy atom. The molecule has 0 saturated heterocycles. The Bertz CT molecular complexity index is 1190. The van der Waals surface area contributed by atoms with Gasteiger partial charge in [-0.1, -0.05) is 12.1 Å². The number of nitrogens with zero attached hydrogens (tertiary/aromatic N) is 2. The fourth-order valence-corrected chi connectivity index (χ4v) is 3.90. The van der Waals surface area contributed by atoms with Crippen LogP contribution in [0.15, 0.2) is 53.8 Å². The Morgan fingerprint density at radius 1 is 1.21 bits per heavy atom. The third-order valence-electron chi connectivity index (χ3n) is 4.01. The number of sulfonamides is 1. The second-order valence-electron chi connectivity index (χ2n) is 6.18. The molecule has 152 valence electrons. The molecule has 0 spiro atoms. The van der Waals surface area contributed by atoms with Gasteiger partial charge in [0.2, 0.25) is 11.8 Å². The van der Waals surface area contributed by atoms with Crippen molar-refractivity contribution in [3.63, 3.8) is 0 Å². The van der Waals surface area contributed by atoms with Gasteiger partial charge in [-0.2, -0.15) is 8.42 Å². The number of nitrogens with one attached hydrogen (secondary N) is 2. The van der Waals surface area contributed by atoms with E-state index in [1.807, 2.05) is 4.72 Å². The number of hydrogen-bond donors (Lipinski definition) is 2. The Balaban J connectivity index is 1.83. The van der Waals surface area contributed by atoms with Gasteiger partial charge in [-0.15, -0.1) is 0 Å². The lowest BCUT2D eigenvalue weighted by Gasteiger charge is -2.18. The second-order valence-corrected chi connectivity index (χ2v) is 7.81. The molecule has 2 amide bonds. The van der Waals surface area contributed by atoms with E-state index in [1.54, 1.807) is 18.2 Å². The number of imidazole rings is 1. The van der Waals surface area contributed by atoms with Crippen LogP contribution in [-0.2, 0) is 19.6 Å². The molecule has 3 rings (SSSR count). The number of benzene rings is 1. The lowest BCUT2D eigenvalue weighted by Crippen LogP contribution is -2.36. The van der Waals surface area contributed by atoms with Gasteiger partial charge >= 0.3 is 0 Å². The van der Waals surface area contributed by atoms with E-state index < -0.39 is 45.9 Å². The summed E-state index contributed by atoms with van der Waals surface area (Å²) >= 11 is 0. The molecule has 2 aromatic heterocycles. The number of hydrogen-bond acceptors (Lipinski definition) is 5. The van der Waals surface area contributed by atoms with Crippen molar-refractivity contribution in [2.75, 3.05) is 0 Å². The van der Waals surface area contributed by atoms with Crippen LogP contribution in [0.3, 0.4) is 0 Å². The van der Waals surface area contributed by atoms with Crippen LogP contribution in [0.2, 0.25) is 0 Å². The monoisotopic (exact) mass is 422 g/mol. The Labute approximate surface area is 164 Å². The number of rotatable bonds is 6. The van der Waals surface area contributed by atoms with Crippen LogP contribution in [0, 0.1) is 11.6 Å². The van der Waals surface area contributed by atoms with Crippen molar-refractivity contribution in [3.05, 3.63) is 66.0 Å². The highest BCUT2D eigenvalue weighted by Gasteiger charge is 2.26. The van der Waals surface area contributed by atoms with Crippen LogP contribution in [0.4, 0.5) is 8.78 Å². The third-order valence-corrected chi connectivity index (χ3v) is 5.36. The molecule has 0 aliphatic carbocycles. The molecule has 2 N–H and O–H groups in total. The molecule has 29 heavy (non-hydrogen) atoms. The molecule has 3 aromatic rings. The Hall–Kier alpha value is -3.34. The van der Waals surface area contributed by atoms with E-state index in [2.05, 4.69) is 10.3 Å². The summed E-state index contributed by atoms with van der Waals surface area (Å²) in [6, 6.07) is 6.33. The van der Waals surface area contributed by atoms with E-state index in [0.29, 0.717) is 11.7 Å². The zero-order chi connectivity index (χ0) is 21.2. The smallest absolute Gasteiger partial charge is 0.281 e. The maximum Gasteiger partial charge on any atom is 0.281 e. The van der Waals surface area contributed by atoms with Gasteiger partial charge in [-0.25, -0.2) is 18.5 Å². The number of pyridine rings is 1. The van der Waals surface area contributed by atoms with Gasteiger partial charge in [0.15, 0.2) is 5.03 Å². The van der Waals surface area contributed by atoms with Crippen molar-refractivity contribution in [1.29, 1.82) is 0 Å². The molecule has 1 unspecified atom stereocenters. The lowest BCUT2D eigenvalue weighted by atomic mass is 10.0. The minimum atomic E-state index is -4.28. The predicted molar refractivity (Wildman–Crippen MR) is 98.1 cm³/mol. The quantitative estimate of drug-likeness (QED) is 0.628. The van der Waals surface area contributed by atoms with E-state index in [4.69, 9.17) is 0 Å². The molecule has 8 nitrogen and oxygen atoms in total. The first-order valence-corrected chi connectivity index (χ1v) is 9.85. The van der Waals surface area contributed by atoms with E-state index in [1.165, 1.54) is 10.6 Å². The molecule has 11 heteroatoms. The van der Waals surface area contributed by atoms with Gasteiger partial charge in [0.25, 0.3) is 10.0 Å². The molecule has 0 fully saturated rings. The molecular formula is C18H16F2N4O4S. The van der Waals surface area contributed by atoms with Crippen molar-refractivity contribution < 1.29 is 26.8 Å². The first-order valence-electron chi connectivity index (χ1n) is 8.37. The van der Waals surface area contributed by atoms with Crippen LogP contribution in [0.5, 0.6) is 0 Å². The molecule has 0 saturated carbocycles. The number of halogens is 2. The summed E-state index contributed by atoms with van der Waals surface area (Å²) in [7, 11) is -4.28. The van der Waals surface area contributed by atoms with Crippen LogP contribution >= 0.6 is 0 Å². The first-order chi connectivity index (χ1) is 13.7. The van der Waals surface area contributed by atoms with Gasteiger partial charge < -0.3 is 5.32 Å². The van der Waals surface area contributed by atoms with Crippen molar-refractivity contribution in [3.8, 4) is 0 Å². The summed E-state index contributed by atoms with van der Waals surface area (Å²) in [6.07, 6.45) is 1.98. The standard InChI is InChI=1S/C18H16F2N4O4S/c1-11(25)22-15(13-6-5-12(19)8-14(13)20)9-17(26)23-29(27,28)18-10-21-16-4-2-3-7-24(16)18/h2-8,10,15H,9H2,1H3,(H,22,25)(H,23,26). The molecule has 0 aliphatic heterocycles. The normalized spacial score (nSPS) is 12.5. The largest absolute Gasteiger partial charge is 0.349 e. The fraction of sp³-hybridized carbons (Fsp3) is 0.167. The fourth-order valence-electron chi connectivity index (χ4n) is 2.81. The number of fused-ring (bicyclic) bond motifs is 1. The average molecular weight is 422 g/mol. The van der Waals surface area contributed by atoms with Crippen molar-refractivity contribution in [1.82, 2.24) is 19.4 Å². The van der Waals surface area contributed by atoms with Gasteiger partial charge in [0.05, 0.1) is 18.7 Å². The highest BCUT2D eigenvalue weighted by Crippen LogP contribution is 2.22. The van der Waals surface area contributed by atoms with E-state index in [9.17, 15) is 26.8 Å². The van der Waals surface area contributed by atoms with Crippen molar-refractivity contribution in [2.24, 2.45) is 0 Å². The minimum Gasteiger partial charge on any atom is -0.349 e. The first kappa shape index (κ1) is 20.4. The second kappa shape index (κ2) is 7.95. The van der Waals surface area contributed by atoms with Crippen molar-refractivity contribution >= 4 is 27.5 Å². The van der Waals surface area contributed by atoms with Gasteiger partial charge in [0, 0.05) is 24.8 Å². The molecule has 1 atom stereocenters. The van der Waals surface area contributed by atoms with Crippen LogP contribution in [0.1, 0.15) is 24.9 Å². The summed E-state index contributed by atoms with van der Waals surface area (Å²) in [5, 5.41) is 2.10. The third kappa shape index (κ3) is 4.57. The summed E-state index contributed by atoms with van der Waals surface area (Å²) in [5.41, 5.74) is 0.216. The summed E-state index contributed by atoms with van der Waals surface area (Å²) in [6.45, 7) is 1.15. The predicted octanol–water partition coefficient (Wildman–Crippen LogP) is 1.68. The minimum absolute atomic E-state index is 0.149. The summed E-state index contributed by atoms with van der Waals surface area (Å²) < 4.78 is 55.5. The van der Waals surface area contributed by atoms with E-state index >= 15 is 0 Å². The van der Waals surface area contributed by atoms with E-state index in [-0.39, 0.29) is 10.6 Å². The zero-order valence-corrected chi connectivity index (χ0v) is 15.9. The highest BCUT2D eigenvalue weighted by atomic mass is 32.2. The summed E-state index contributed by atoms with van der Waals surface area (Å²) in [5.74, 6) is -3.36. The zero-order valence-electron chi connectivity index (χ0n) is 15.1. The lowest BCUT2D eigenvalue weighted by molar-refractivity contribution is -0.121. The topological polar surface area (TPSA) is 110 Å². The molecule has 1 aromatic carbocycles. The SMILES string of the molecule is CC(=O)NC(CC(=O)NS(=O)(=O)c1cnc2ccccn12)c1ccc(F)cc1F. The van der Waals surface area contributed by atoms with Gasteiger partial charge in [-0.05, 0) is 18.2 Å². The number of carbonyl (C=O) groups is 2. The number of aromatic nitrogens is 2. The Kier molecular flexibility index (Phi) is 5.59. The highest BCUT2D eigenvalue weighted by molar-refractivity contribution is 7.90. The van der Waals surface area contributed by atoms with Gasteiger partial charge in [0.1, 0.15) is 17.3 Å². The molecule has 0 aliphatic rings. The Morgan fingerprint density at radius 2 is 1.97 bits per heavy atom. The average Bonchev–Trinajstić information content (AvgIpc) is 3.05. The number of carbonyl (C=O) groups excluding carboxylic acids is 2. The number of amides is 2. The maximum atomic E-state index is 14.1. The van der Waals surface area contributed by atoms with Crippen LogP contribution in [0.25, 0.3) is 5.65 Å². The molecule has 0 bridgehead atoms. The summed E-state index contributed by atoms with van der Waals surface area (Å²) in [4.78, 5) is 27.8.